The van der Waals surface area contributed by atoms with Gasteiger partial charge in [-0.2, -0.15) is 0 Å². The fourth-order valence-electron chi connectivity index (χ4n) is 3.56. The second-order valence-corrected chi connectivity index (χ2v) is 8.29. The standard InChI is InChI=1S/C29H32F2O9/c1-34-13-15-36-18-38-27-23(30)17-22(24(31)28(27)39-19-37-16-14-35-2)25(32)29(33)40-26(20-9-5-3-6-10-20)21-11-7-4-8-12-21/h3-12,17,25-26,32H,13-16,18-19H2,1-2H3. The molecule has 0 saturated heterocycles. The molecule has 1 unspecified atom stereocenters. The smallest absolute Gasteiger partial charge is 0.340 e. The summed E-state index contributed by atoms with van der Waals surface area (Å²) in [6.07, 6.45) is -3.09. The van der Waals surface area contributed by atoms with Crippen molar-refractivity contribution in [1.29, 1.82) is 0 Å². The van der Waals surface area contributed by atoms with Crippen LogP contribution in [0.1, 0.15) is 28.9 Å². The number of carbonyl (C=O) groups is 1. The third-order valence-electron chi connectivity index (χ3n) is 5.55. The molecule has 0 aliphatic carbocycles. The molecule has 0 fully saturated rings. The number of halogens is 2. The van der Waals surface area contributed by atoms with Crippen molar-refractivity contribution in [2.24, 2.45) is 0 Å². The quantitative estimate of drug-likeness (QED) is 0.146. The molecule has 0 aliphatic heterocycles. The van der Waals surface area contributed by atoms with Gasteiger partial charge >= 0.3 is 5.97 Å². The zero-order valence-corrected chi connectivity index (χ0v) is 22.2. The maximum absolute atomic E-state index is 15.6. The van der Waals surface area contributed by atoms with E-state index in [1.807, 2.05) is 0 Å². The average molecular weight is 563 g/mol. The summed E-state index contributed by atoms with van der Waals surface area (Å²) in [6, 6.07) is 18.3. The van der Waals surface area contributed by atoms with Crippen LogP contribution in [0.5, 0.6) is 11.5 Å². The van der Waals surface area contributed by atoms with Crippen LogP contribution in [-0.2, 0) is 28.5 Å². The van der Waals surface area contributed by atoms with E-state index in [4.69, 9.17) is 33.2 Å². The number of esters is 1. The Morgan fingerprint density at radius 2 is 1.27 bits per heavy atom. The van der Waals surface area contributed by atoms with Gasteiger partial charge in [0.1, 0.15) is 0 Å². The first-order chi connectivity index (χ1) is 19.5. The highest BCUT2D eigenvalue weighted by atomic mass is 19.1. The van der Waals surface area contributed by atoms with Gasteiger partial charge in [0, 0.05) is 19.8 Å². The molecule has 40 heavy (non-hydrogen) atoms. The van der Waals surface area contributed by atoms with Crippen LogP contribution in [0.4, 0.5) is 8.78 Å². The van der Waals surface area contributed by atoms with Gasteiger partial charge in [0.25, 0.3) is 0 Å². The normalized spacial score (nSPS) is 11.8. The van der Waals surface area contributed by atoms with Crippen LogP contribution in [0.15, 0.2) is 66.7 Å². The van der Waals surface area contributed by atoms with Gasteiger partial charge in [-0.25, -0.2) is 13.6 Å². The van der Waals surface area contributed by atoms with Crippen molar-refractivity contribution < 1.29 is 51.8 Å². The lowest BCUT2D eigenvalue weighted by atomic mass is 10.0. The van der Waals surface area contributed by atoms with E-state index in [2.05, 4.69) is 0 Å². The van der Waals surface area contributed by atoms with Crippen molar-refractivity contribution in [3.63, 3.8) is 0 Å². The zero-order chi connectivity index (χ0) is 28.7. The van der Waals surface area contributed by atoms with Crippen LogP contribution in [0.25, 0.3) is 0 Å². The van der Waals surface area contributed by atoms with Gasteiger partial charge in [0.15, 0.2) is 37.4 Å². The summed E-state index contributed by atoms with van der Waals surface area (Å²) in [5.74, 6) is -4.87. The number of aliphatic hydroxyl groups excluding tert-OH is 1. The van der Waals surface area contributed by atoms with E-state index in [-0.39, 0.29) is 26.4 Å². The Morgan fingerprint density at radius 1 is 0.775 bits per heavy atom. The largest absolute Gasteiger partial charge is 0.460 e. The molecule has 1 N–H and O–H groups in total. The monoisotopic (exact) mass is 562 g/mol. The minimum Gasteiger partial charge on any atom is -0.460 e. The van der Waals surface area contributed by atoms with Crippen molar-refractivity contribution in [3.8, 4) is 11.5 Å². The number of hydrogen-bond donors (Lipinski definition) is 1. The van der Waals surface area contributed by atoms with Crippen LogP contribution in [-0.4, -0.2) is 65.3 Å². The zero-order valence-electron chi connectivity index (χ0n) is 22.2. The molecule has 1 atom stereocenters. The first-order valence-electron chi connectivity index (χ1n) is 12.4. The topological polar surface area (TPSA) is 102 Å². The molecule has 0 spiro atoms. The summed E-state index contributed by atoms with van der Waals surface area (Å²) in [5.41, 5.74) is 0.535. The molecule has 0 saturated carbocycles. The SMILES string of the molecule is COCCOCOc1c(F)cc(C(O)C(=O)OC(c2ccccc2)c2ccccc2)c(F)c1OCOCCOC. The highest BCUT2D eigenvalue weighted by Crippen LogP contribution is 2.39. The van der Waals surface area contributed by atoms with Crippen LogP contribution in [0.2, 0.25) is 0 Å². The second kappa shape index (κ2) is 16.5. The number of carbonyl (C=O) groups excluding carboxylic acids is 1. The van der Waals surface area contributed by atoms with Crippen LogP contribution in [0.3, 0.4) is 0 Å². The first-order valence-corrected chi connectivity index (χ1v) is 12.4. The molecule has 3 aromatic rings. The summed E-state index contributed by atoms with van der Waals surface area (Å²) >= 11 is 0. The maximum atomic E-state index is 15.6. The van der Waals surface area contributed by atoms with Crippen molar-refractivity contribution in [2.75, 3.05) is 54.2 Å². The van der Waals surface area contributed by atoms with Gasteiger partial charge in [-0.3, -0.25) is 0 Å². The summed E-state index contributed by atoms with van der Waals surface area (Å²) in [4.78, 5) is 13.1. The lowest BCUT2D eigenvalue weighted by Crippen LogP contribution is -2.21. The second-order valence-electron chi connectivity index (χ2n) is 8.29. The van der Waals surface area contributed by atoms with Gasteiger partial charge in [0.2, 0.25) is 11.5 Å². The minimum absolute atomic E-state index is 0.117. The Hall–Kier alpha value is -3.61. The molecule has 216 valence electrons. The molecule has 0 amide bonds. The highest BCUT2D eigenvalue weighted by molar-refractivity contribution is 5.77. The predicted octanol–water partition coefficient (Wildman–Crippen LogP) is 4.33. The van der Waals surface area contributed by atoms with E-state index in [0.29, 0.717) is 17.2 Å². The van der Waals surface area contributed by atoms with E-state index in [0.717, 1.165) is 0 Å². The molecule has 3 aromatic carbocycles. The summed E-state index contributed by atoms with van der Waals surface area (Å²) < 4.78 is 67.0. The van der Waals surface area contributed by atoms with E-state index in [1.165, 1.54) is 14.2 Å². The number of methoxy groups -OCH3 is 2. The Morgan fingerprint density at radius 3 is 1.77 bits per heavy atom. The van der Waals surface area contributed by atoms with Gasteiger partial charge in [0.05, 0.1) is 26.4 Å². The highest BCUT2D eigenvalue weighted by Gasteiger charge is 2.32. The molecule has 0 aliphatic rings. The molecule has 0 heterocycles. The van der Waals surface area contributed by atoms with E-state index >= 15 is 8.78 Å². The molecular formula is C29H32F2O9. The van der Waals surface area contributed by atoms with Crippen molar-refractivity contribution in [3.05, 3.63) is 95.1 Å². The molecular weight excluding hydrogens is 530 g/mol. The Balaban J connectivity index is 1.86. The van der Waals surface area contributed by atoms with Crippen molar-refractivity contribution in [2.45, 2.75) is 12.2 Å². The van der Waals surface area contributed by atoms with Gasteiger partial charge in [-0.1, -0.05) is 60.7 Å². The Kier molecular flexibility index (Phi) is 12.7. The minimum atomic E-state index is -2.19. The molecule has 0 radical (unpaired) electrons. The summed E-state index contributed by atoms with van der Waals surface area (Å²) in [7, 11) is 2.95. The van der Waals surface area contributed by atoms with E-state index < -0.39 is 60.5 Å². The molecule has 0 bridgehead atoms. The summed E-state index contributed by atoms with van der Waals surface area (Å²) in [5, 5.41) is 10.8. The van der Waals surface area contributed by atoms with Crippen LogP contribution in [0, 0.1) is 11.6 Å². The molecule has 9 nitrogen and oxygen atoms in total. The molecule has 11 heteroatoms. The van der Waals surface area contributed by atoms with Gasteiger partial charge in [-0.15, -0.1) is 0 Å². The fourth-order valence-corrected chi connectivity index (χ4v) is 3.56. The van der Waals surface area contributed by atoms with E-state index in [1.54, 1.807) is 60.7 Å². The lowest BCUT2D eigenvalue weighted by Gasteiger charge is -2.22. The van der Waals surface area contributed by atoms with Crippen LogP contribution < -0.4 is 9.47 Å². The number of hydrogen-bond acceptors (Lipinski definition) is 9. The third kappa shape index (κ3) is 8.70. The third-order valence-corrected chi connectivity index (χ3v) is 5.55. The summed E-state index contributed by atoms with van der Waals surface area (Å²) in [6.45, 7) is -0.173. The maximum Gasteiger partial charge on any atom is 0.340 e. The van der Waals surface area contributed by atoms with E-state index in [9.17, 15) is 9.90 Å². The fraction of sp³-hybridized carbons (Fsp3) is 0.345. The van der Waals surface area contributed by atoms with Crippen LogP contribution >= 0.6 is 0 Å². The molecule has 0 aromatic heterocycles. The number of ether oxygens (including phenoxy) is 7. The van der Waals surface area contributed by atoms with Gasteiger partial charge < -0.3 is 38.3 Å². The number of rotatable bonds is 17. The Bertz CT molecular complexity index is 1140. The molecule has 3 rings (SSSR count). The van der Waals surface area contributed by atoms with Crippen molar-refractivity contribution >= 4 is 5.97 Å². The average Bonchev–Trinajstić information content (AvgIpc) is 2.98. The predicted molar refractivity (Wildman–Crippen MR) is 139 cm³/mol. The number of benzene rings is 3. The Labute approximate surface area is 231 Å². The van der Waals surface area contributed by atoms with Gasteiger partial charge in [-0.05, 0) is 17.2 Å². The lowest BCUT2D eigenvalue weighted by molar-refractivity contribution is -0.158. The van der Waals surface area contributed by atoms with Crippen molar-refractivity contribution in [1.82, 2.24) is 0 Å². The first kappa shape index (κ1) is 30.9. The number of aliphatic hydroxyl groups is 1.